The Morgan fingerprint density at radius 1 is 1.30 bits per heavy atom. The third kappa shape index (κ3) is 2.50. The van der Waals surface area contributed by atoms with E-state index in [-0.39, 0.29) is 0 Å². The summed E-state index contributed by atoms with van der Waals surface area (Å²) in [5.41, 5.74) is 8.28. The van der Waals surface area contributed by atoms with Gasteiger partial charge in [0.1, 0.15) is 5.82 Å². The van der Waals surface area contributed by atoms with E-state index >= 15 is 0 Å². The number of benzene rings is 1. The molecule has 0 amide bonds. The number of para-hydroxylation sites is 1. The fraction of sp³-hybridized carbons (Fsp3) is 0.471. The minimum atomic E-state index is 0.620. The second-order valence-corrected chi connectivity index (χ2v) is 6.06. The van der Waals surface area contributed by atoms with E-state index in [0.29, 0.717) is 11.9 Å². The van der Waals surface area contributed by atoms with Gasteiger partial charge in [0, 0.05) is 23.5 Å². The van der Waals surface area contributed by atoms with E-state index < -0.39 is 0 Å². The van der Waals surface area contributed by atoms with Crippen molar-refractivity contribution in [1.82, 2.24) is 9.88 Å². The number of aromatic nitrogens is 1. The topological polar surface area (TPSA) is 42.2 Å². The molecule has 1 aliphatic heterocycles. The van der Waals surface area contributed by atoms with Crippen molar-refractivity contribution in [3.63, 3.8) is 0 Å². The highest BCUT2D eigenvalue weighted by Gasteiger charge is 2.25. The van der Waals surface area contributed by atoms with Crippen LogP contribution < -0.4 is 5.73 Å². The first kappa shape index (κ1) is 13.4. The number of piperidine rings is 1. The van der Waals surface area contributed by atoms with Gasteiger partial charge >= 0.3 is 0 Å². The first-order chi connectivity index (χ1) is 9.65. The summed E-state index contributed by atoms with van der Waals surface area (Å²) in [6, 6.07) is 11.0. The Kier molecular flexibility index (Phi) is 3.62. The average Bonchev–Trinajstić information content (AvgIpc) is 2.44. The van der Waals surface area contributed by atoms with Crippen LogP contribution in [0.25, 0.3) is 10.9 Å². The SMILES string of the molecule is CC1CCCN(Cc2cc3ccccc3nc2N)C1C. The molecule has 0 spiro atoms. The molecule has 2 unspecified atom stereocenters. The Balaban J connectivity index is 1.88. The Hall–Kier alpha value is -1.61. The Bertz CT molecular complexity index is 608. The summed E-state index contributed by atoms with van der Waals surface area (Å²) >= 11 is 0. The van der Waals surface area contributed by atoms with Gasteiger partial charge in [-0.3, -0.25) is 4.90 Å². The normalized spacial score (nSPS) is 24.1. The molecule has 1 aliphatic rings. The monoisotopic (exact) mass is 269 g/mol. The molecule has 0 aliphatic carbocycles. The molecule has 106 valence electrons. The lowest BCUT2D eigenvalue weighted by Crippen LogP contribution is -2.41. The number of likely N-dealkylation sites (tertiary alicyclic amines) is 1. The number of hydrogen-bond acceptors (Lipinski definition) is 3. The number of pyridine rings is 1. The first-order valence-electron chi connectivity index (χ1n) is 7.53. The smallest absolute Gasteiger partial charge is 0.128 e. The van der Waals surface area contributed by atoms with Crippen LogP contribution in [0.15, 0.2) is 30.3 Å². The first-order valence-corrected chi connectivity index (χ1v) is 7.53. The largest absolute Gasteiger partial charge is 0.383 e. The standard InChI is InChI=1S/C17H23N3/c1-12-6-5-9-20(13(12)2)11-15-10-14-7-3-4-8-16(14)19-17(15)18/h3-4,7-8,10,12-13H,5-6,9,11H2,1-2H3,(H2,18,19). The van der Waals surface area contributed by atoms with Crippen LogP contribution in [0.5, 0.6) is 0 Å². The number of anilines is 1. The molecular formula is C17H23N3. The van der Waals surface area contributed by atoms with Crippen molar-refractivity contribution in [3.05, 3.63) is 35.9 Å². The van der Waals surface area contributed by atoms with E-state index in [1.165, 1.54) is 18.2 Å². The van der Waals surface area contributed by atoms with E-state index in [9.17, 15) is 0 Å². The minimum Gasteiger partial charge on any atom is -0.383 e. The van der Waals surface area contributed by atoms with Gasteiger partial charge in [-0.15, -0.1) is 0 Å². The Morgan fingerprint density at radius 3 is 2.95 bits per heavy atom. The minimum absolute atomic E-state index is 0.620. The van der Waals surface area contributed by atoms with E-state index in [4.69, 9.17) is 5.73 Å². The lowest BCUT2D eigenvalue weighted by molar-refractivity contribution is 0.107. The van der Waals surface area contributed by atoms with Crippen molar-refractivity contribution < 1.29 is 0 Å². The molecule has 2 aromatic rings. The summed E-state index contributed by atoms with van der Waals surface area (Å²) in [4.78, 5) is 7.07. The van der Waals surface area contributed by atoms with Crippen molar-refractivity contribution in [2.45, 2.75) is 39.3 Å². The molecule has 1 aromatic carbocycles. The highest BCUT2D eigenvalue weighted by atomic mass is 15.2. The molecule has 2 atom stereocenters. The molecule has 3 rings (SSSR count). The predicted molar refractivity (Wildman–Crippen MR) is 84.4 cm³/mol. The molecular weight excluding hydrogens is 246 g/mol. The zero-order valence-corrected chi connectivity index (χ0v) is 12.3. The molecule has 2 N–H and O–H groups in total. The predicted octanol–water partition coefficient (Wildman–Crippen LogP) is 3.44. The van der Waals surface area contributed by atoms with Crippen molar-refractivity contribution in [1.29, 1.82) is 0 Å². The Morgan fingerprint density at radius 2 is 2.10 bits per heavy atom. The van der Waals surface area contributed by atoms with Crippen molar-refractivity contribution in [3.8, 4) is 0 Å². The molecule has 1 fully saturated rings. The quantitative estimate of drug-likeness (QED) is 0.908. The molecule has 1 saturated heterocycles. The van der Waals surface area contributed by atoms with Crippen LogP contribution in [0.4, 0.5) is 5.82 Å². The number of nitrogens with zero attached hydrogens (tertiary/aromatic N) is 2. The van der Waals surface area contributed by atoms with Gasteiger partial charge in [0.15, 0.2) is 0 Å². The second kappa shape index (κ2) is 5.41. The van der Waals surface area contributed by atoms with Crippen LogP contribution in [0.2, 0.25) is 0 Å². The lowest BCUT2D eigenvalue weighted by Gasteiger charge is -2.38. The molecule has 0 bridgehead atoms. The van der Waals surface area contributed by atoms with Crippen LogP contribution in [-0.4, -0.2) is 22.5 Å². The lowest BCUT2D eigenvalue weighted by atomic mass is 9.91. The van der Waals surface area contributed by atoms with Gasteiger partial charge in [-0.25, -0.2) is 4.98 Å². The van der Waals surface area contributed by atoms with Crippen LogP contribution in [-0.2, 0) is 6.54 Å². The Labute approximate surface area is 120 Å². The van der Waals surface area contributed by atoms with Crippen LogP contribution in [0, 0.1) is 5.92 Å². The number of hydrogen-bond donors (Lipinski definition) is 1. The summed E-state index contributed by atoms with van der Waals surface area (Å²) < 4.78 is 0. The van der Waals surface area contributed by atoms with Gasteiger partial charge in [-0.1, -0.05) is 25.1 Å². The maximum Gasteiger partial charge on any atom is 0.128 e. The van der Waals surface area contributed by atoms with Crippen molar-refractivity contribution in [2.75, 3.05) is 12.3 Å². The third-order valence-corrected chi connectivity index (χ3v) is 4.71. The van der Waals surface area contributed by atoms with Crippen LogP contribution in [0.1, 0.15) is 32.3 Å². The fourth-order valence-electron chi connectivity index (χ4n) is 3.16. The maximum absolute atomic E-state index is 6.15. The number of rotatable bonds is 2. The summed E-state index contributed by atoms with van der Waals surface area (Å²) in [7, 11) is 0. The maximum atomic E-state index is 6.15. The highest BCUT2D eigenvalue weighted by molar-refractivity contribution is 5.81. The van der Waals surface area contributed by atoms with E-state index in [2.05, 4.69) is 41.9 Å². The summed E-state index contributed by atoms with van der Waals surface area (Å²) in [5, 5.41) is 1.18. The molecule has 2 heterocycles. The van der Waals surface area contributed by atoms with Gasteiger partial charge < -0.3 is 5.73 Å². The number of nitrogens with two attached hydrogens (primary N) is 1. The van der Waals surface area contributed by atoms with Crippen LogP contribution >= 0.6 is 0 Å². The van der Waals surface area contributed by atoms with Crippen molar-refractivity contribution >= 4 is 16.7 Å². The van der Waals surface area contributed by atoms with Crippen molar-refractivity contribution in [2.24, 2.45) is 5.92 Å². The van der Waals surface area contributed by atoms with Gasteiger partial charge in [-0.05, 0) is 44.4 Å². The summed E-state index contributed by atoms with van der Waals surface area (Å²) in [5.74, 6) is 1.44. The average molecular weight is 269 g/mol. The van der Waals surface area contributed by atoms with E-state index in [1.807, 2.05) is 12.1 Å². The highest BCUT2D eigenvalue weighted by Crippen LogP contribution is 2.26. The third-order valence-electron chi connectivity index (χ3n) is 4.71. The summed E-state index contributed by atoms with van der Waals surface area (Å²) in [6.45, 7) is 6.75. The van der Waals surface area contributed by atoms with Gasteiger partial charge in [0.05, 0.1) is 5.52 Å². The van der Waals surface area contributed by atoms with E-state index in [0.717, 1.165) is 30.1 Å². The fourth-order valence-corrected chi connectivity index (χ4v) is 3.16. The molecule has 20 heavy (non-hydrogen) atoms. The molecule has 0 saturated carbocycles. The van der Waals surface area contributed by atoms with Crippen LogP contribution in [0.3, 0.4) is 0 Å². The van der Waals surface area contributed by atoms with E-state index in [1.54, 1.807) is 0 Å². The molecule has 3 heteroatoms. The van der Waals surface area contributed by atoms with Gasteiger partial charge in [0.2, 0.25) is 0 Å². The van der Waals surface area contributed by atoms with Gasteiger partial charge in [-0.2, -0.15) is 0 Å². The zero-order chi connectivity index (χ0) is 14.1. The number of nitrogen functional groups attached to an aromatic ring is 1. The van der Waals surface area contributed by atoms with Gasteiger partial charge in [0.25, 0.3) is 0 Å². The zero-order valence-electron chi connectivity index (χ0n) is 12.3. The molecule has 3 nitrogen and oxygen atoms in total. The summed E-state index contributed by atoms with van der Waals surface area (Å²) in [6.07, 6.45) is 2.62. The second-order valence-electron chi connectivity index (χ2n) is 6.06. The molecule has 0 radical (unpaired) electrons. The number of fused-ring (bicyclic) bond motifs is 1. The molecule has 1 aromatic heterocycles.